The monoisotopic (exact) mass is 313 g/mol. The number of rotatable bonds is 8. The zero-order chi connectivity index (χ0) is 16.0. The molecule has 0 aliphatic heterocycles. The second kappa shape index (κ2) is 7.54. The van der Waals surface area contributed by atoms with Crippen LogP contribution in [0.4, 0.5) is 17.1 Å². The summed E-state index contributed by atoms with van der Waals surface area (Å²) < 4.78 is 26.6. The number of unbranched alkanes of at least 4 members (excludes halogenated alkanes) is 2. The fourth-order valence-corrected chi connectivity index (χ4v) is 3.76. The van der Waals surface area contributed by atoms with E-state index in [0.29, 0.717) is 30.0 Å². The molecule has 6 heteroatoms. The summed E-state index contributed by atoms with van der Waals surface area (Å²) in [6.07, 6.45) is 3.23. The third-order valence-corrected chi connectivity index (χ3v) is 5.44. The Kier molecular flexibility index (Phi) is 6.33. The van der Waals surface area contributed by atoms with Crippen molar-refractivity contribution in [2.75, 3.05) is 28.1 Å². The van der Waals surface area contributed by atoms with Crippen molar-refractivity contribution in [1.29, 1.82) is 0 Å². The quantitative estimate of drug-likeness (QED) is 0.722. The molecule has 0 bridgehead atoms. The Hall–Kier alpha value is -1.43. The average molecular weight is 313 g/mol. The summed E-state index contributed by atoms with van der Waals surface area (Å²) in [5.41, 5.74) is 14.3. The van der Waals surface area contributed by atoms with Crippen molar-refractivity contribution in [2.24, 2.45) is 0 Å². The normalized spacial score (nSPS) is 11.6. The van der Waals surface area contributed by atoms with Gasteiger partial charge in [0.1, 0.15) is 0 Å². The second-order valence-electron chi connectivity index (χ2n) is 5.34. The van der Waals surface area contributed by atoms with E-state index in [9.17, 15) is 8.42 Å². The van der Waals surface area contributed by atoms with Crippen molar-refractivity contribution in [3.05, 3.63) is 17.7 Å². The van der Waals surface area contributed by atoms with Crippen molar-refractivity contribution in [3.63, 3.8) is 0 Å². The highest BCUT2D eigenvalue weighted by Gasteiger charge is 2.22. The molecular formula is C15H27N3O2S. The molecule has 1 rings (SSSR count). The molecule has 1 aromatic rings. The molecule has 0 aliphatic carbocycles. The fourth-order valence-electron chi connectivity index (χ4n) is 2.05. The highest BCUT2D eigenvalue weighted by Crippen LogP contribution is 2.29. The van der Waals surface area contributed by atoms with E-state index in [1.807, 2.05) is 20.8 Å². The fraction of sp³-hybridized carbons (Fsp3) is 0.600. The molecule has 0 aromatic heterocycles. The largest absolute Gasteiger partial charge is 0.398 e. The van der Waals surface area contributed by atoms with E-state index in [1.165, 1.54) is 4.31 Å². The molecule has 21 heavy (non-hydrogen) atoms. The Morgan fingerprint density at radius 3 is 2.05 bits per heavy atom. The Morgan fingerprint density at radius 2 is 1.57 bits per heavy atom. The van der Waals surface area contributed by atoms with E-state index >= 15 is 0 Å². The first-order valence-corrected chi connectivity index (χ1v) is 9.10. The van der Waals surface area contributed by atoms with Gasteiger partial charge in [-0.25, -0.2) is 8.42 Å². The van der Waals surface area contributed by atoms with E-state index < -0.39 is 10.0 Å². The number of nitrogens with zero attached hydrogens (tertiary/aromatic N) is 1. The maximum Gasteiger partial charge on any atom is 0.235 e. The van der Waals surface area contributed by atoms with Gasteiger partial charge in [-0.3, -0.25) is 4.31 Å². The maximum absolute atomic E-state index is 12.5. The Morgan fingerprint density at radius 1 is 1.05 bits per heavy atom. The maximum atomic E-state index is 12.5. The predicted molar refractivity (Wildman–Crippen MR) is 91.0 cm³/mol. The van der Waals surface area contributed by atoms with Crippen LogP contribution in [-0.2, 0) is 10.0 Å². The molecule has 4 N–H and O–H groups in total. The zero-order valence-electron chi connectivity index (χ0n) is 13.2. The number of sulfonamides is 1. The van der Waals surface area contributed by atoms with Gasteiger partial charge in [0.05, 0.1) is 11.4 Å². The van der Waals surface area contributed by atoms with Crippen LogP contribution >= 0.6 is 0 Å². The van der Waals surface area contributed by atoms with E-state index in [4.69, 9.17) is 11.5 Å². The van der Waals surface area contributed by atoms with Gasteiger partial charge in [0.2, 0.25) is 10.0 Å². The Balaban J connectivity index is 3.19. The summed E-state index contributed by atoms with van der Waals surface area (Å²) in [6.45, 7) is 6.31. The molecule has 5 nitrogen and oxygen atoms in total. The van der Waals surface area contributed by atoms with E-state index in [0.717, 1.165) is 24.8 Å². The van der Waals surface area contributed by atoms with Crippen molar-refractivity contribution in [3.8, 4) is 0 Å². The average Bonchev–Trinajstić information content (AvgIpc) is 2.42. The molecule has 0 aliphatic rings. The minimum absolute atomic E-state index is 0.154. The third kappa shape index (κ3) is 4.52. The lowest BCUT2D eigenvalue weighted by Crippen LogP contribution is -2.34. The van der Waals surface area contributed by atoms with Crippen LogP contribution in [0.2, 0.25) is 0 Å². The number of hydrogen-bond acceptors (Lipinski definition) is 4. The molecule has 0 fully saturated rings. The summed E-state index contributed by atoms with van der Waals surface area (Å²) in [5, 5.41) is 0. The van der Waals surface area contributed by atoms with Gasteiger partial charge in [-0.15, -0.1) is 0 Å². The van der Waals surface area contributed by atoms with Gasteiger partial charge >= 0.3 is 0 Å². The third-order valence-electron chi connectivity index (χ3n) is 3.57. The van der Waals surface area contributed by atoms with Crippen molar-refractivity contribution < 1.29 is 8.42 Å². The molecule has 0 spiro atoms. The van der Waals surface area contributed by atoms with Crippen LogP contribution in [0.5, 0.6) is 0 Å². The number of nitrogen functional groups attached to an aromatic ring is 2. The summed E-state index contributed by atoms with van der Waals surface area (Å²) in [5.74, 6) is 0.154. The van der Waals surface area contributed by atoms with Crippen LogP contribution in [0, 0.1) is 6.92 Å². The van der Waals surface area contributed by atoms with Crippen LogP contribution in [0.25, 0.3) is 0 Å². The van der Waals surface area contributed by atoms with E-state index in [2.05, 4.69) is 0 Å². The summed E-state index contributed by atoms with van der Waals surface area (Å²) in [4.78, 5) is 0. The number of nitrogens with two attached hydrogens (primary N) is 2. The Labute approximate surface area is 128 Å². The van der Waals surface area contributed by atoms with Gasteiger partial charge in [0, 0.05) is 17.9 Å². The van der Waals surface area contributed by atoms with Crippen molar-refractivity contribution >= 4 is 27.1 Å². The minimum atomic E-state index is -3.33. The molecule has 0 radical (unpaired) electrons. The van der Waals surface area contributed by atoms with Crippen LogP contribution in [-0.4, -0.2) is 20.7 Å². The van der Waals surface area contributed by atoms with Gasteiger partial charge in [-0.1, -0.05) is 26.7 Å². The van der Waals surface area contributed by atoms with Crippen molar-refractivity contribution in [2.45, 2.75) is 46.5 Å². The van der Waals surface area contributed by atoms with Gasteiger partial charge in [-0.05, 0) is 37.5 Å². The van der Waals surface area contributed by atoms with Gasteiger partial charge < -0.3 is 11.5 Å². The molecule has 0 amide bonds. The number of anilines is 3. The molecule has 0 atom stereocenters. The van der Waals surface area contributed by atoms with Gasteiger partial charge in [0.25, 0.3) is 0 Å². The number of benzene rings is 1. The zero-order valence-corrected chi connectivity index (χ0v) is 14.0. The lowest BCUT2D eigenvalue weighted by Gasteiger charge is -2.25. The van der Waals surface area contributed by atoms with Crippen LogP contribution < -0.4 is 15.8 Å². The molecule has 0 saturated carbocycles. The highest BCUT2D eigenvalue weighted by molar-refractivity contribution is 7.92. The van der Waals surface area contributed by atoms with Crippen LogP contribution in [0.1, 0.15) is 45.1 Å². The van der Waals surface area contributed by atoms with Crippen LogP contribution in [0.3, 0.4) is 0 Å². The number of hydrogen-bond donors (Lipinski definition) is 2. The summed E-state index contributed by atoms with van der Waals surface area (Å²) >= 11 is 0. The van der Waals surface area contributed by atoms with Crippen molar-refractivity contribution in [1.82, 2.24) is 0 Å². The lowest BCUT2D eigenvalue weighted by molar-refractivity contribution is 0.585. The van der Waals surface area contributed by atoms with Crippen LogP contribution in [0.15, 0.2) is 12.1 Å². The highest BCUT2D eigenvalue weighted by atomic mass is 32.2. The SMILES string of the molecule is CCCCN(c1cc(N)c(C)c(N)c1)S(=O)(=O)CCCC. The molecule has 0 saturated heterocycles. The molecule has 0 unspecified atom stereocenters. The van der Waals surface area contributed by atoms with E-state index in [-0.39, 0.29) is 5.75 Å². The first kappa shape index (κ1) is 17.6. The first-order valence-electron chi connectivity index (χ1n) is 7.49. The standard InChI is InChI=1S/C15H27N3O2S/c1-4-6-8-18(21(19,20)9-7-5-2)13-10-14(16)12(3)15(17)11-13/h10-11H,4-9,16-17H2,1-3H3. The van der Waals surface area contributed by atoms with E-state index in [1.54, 1.807) is 12.1 Å². The smallest absolute Gasteiger partial charge is 0.235 e. The predicted octanol–water partition coefficient (Wildman–Crippen LogP) is 2.90. The molecule has 120 valence electrons. The second-order valence-corrected chi connectivity index (χ2v) is 7.36. The molecular weight excluding hydrogens is 286 g/mol. The van der Waals surface area contributed by atoms with Gasteiger partial charge in [0.15, 0.2) is 0 Å². The Bertz CT molecular complexity index is 547. The lowest BCUT2D eigenvalue weighted by atomic mass is 10.1. The van der Waals surface area contributed by atoms with Gasteiger partial charge in [-0.2, -0.15) is 0 Å². The molecule has 1 aromatic carbocycles. The summed E-state index contributed by atoms with van der Waals surface area (Å²) in [7, 11) is -3.33. The summed E-state index contributed by atoms with van der Waals surface area (Å²) in [6, 6.07) is 3.40. The first-order chi connectivity index (χ1) is 9.83. The topological polar surface area (TPSA) is 89.4 Å². The molecule has 0 heterocycles. The minimum Gasteiger partial charge on any atom is -0.398 e.